The predicted molar refractivity (Wildman–Crippen MR) is 101 cm³/mol. The Morgan fingerprint density at radius 1 is 1.23 bits per heavy atom. The number of hydrogen-bond donors (Lipinski definition) is 2. The molecule has 9 heteroatoms. The molecular formula is C17H28N6O2S. The molecule has 1 aliphatic heterocycles. The van der Waals surface area contributed by atoms with E-state index in [4.69, 9.17) is 0 Å². The molecule has 1 aliphatic carbocycles. The molecule has 0 unspecified atom stereocenters. The molecule has 144 valence electrons. The topological polar surface area (TPSA) is 92.2 Å². The van der Waals surface area contributed by atoms with Gasteiger partial charge in [0.15, 0.2) is 5.16 Å². The van der Waals surface area contributed by atoms with Gasteiger partial charge >= 0.3 is 6.03 Å². The molecule has 0 bridgehead atoms. The molecule has 26 heavy (non-hydrogen) atoms. The molecule has 1 saturated heterocycles. The Morgan fingerprint density at radius 2 is 1.92 bits per heavy atom. The van der Waals surface area contributed by atoms with Crippen molar-refractivity contribution in [2.75, 3.05) is 24.5 Å². The maximum Gasteiger partial charge on any atom is 0.321 e. The number of piperidine rings is 1. The fourth-order valence-electron chi connectivity index (χ4n) is 3.06. The fraction of sp³-hybridized carbons (Fsp3) is 0.765. The lowest BCUT2D eigenvalue weighted by Gasteiger charge is -2.31. The summed E-state index contributed by atoms with van der Waals surface area (Å²) in [6.07, 6.45) is 4.60. The number of carbonyl (C=O) groups is 2. The number of aromatic nitrogens is 3. The van der Waals surface area contributed by atoms with E-state index in [1.165, 1.54) is 24.6 Å². The summed E-state index contributed by atoms with van der Waals surface area (Å²) in [6, 6.07) is -0.0303. The minimum absolute atomic E-state index is 0.320. The third-order valence-electron chi connectivity index (χ3n) is 4.85. The highest BCUT2D eigenvalue weighted by atomic mass is 32.2. The minimum atomic E-state index is -0.461. The van der Waals surface area contributed by atoms with Crippen molar-refractivity contribution in [1.82, 2.24) is 25.4 Å². The van der Waals surface area contributed by atoms with Crippen molar-refractivity contribution in [1.29, 1.82) is 0 Å². The van der Waals surface area contributed by atoms with Gasteiger partial charge in [-0.05, 0) is 45.4 Å². The van der Waals surface area contributed by atoms with E-state index in [0.29, 0.717) is 12.6 Å². The summed E-state index contributed by atoms with van der Waals surface area (Å²) in [5, 5.41) is 14.1. The van der Waals surface area contributed by atoms with Crippen molar-refractivity contribution < 1.29 is 9.59 Å². The smallest absolute Gasteiger partial charge is 0.321 e. The normalized spacial score (nSPS) is 19.3. The number of amides is 3. The summed E-state index contributed by atoms with van der Waals surface area (Å²) in [6.45, 7) is 8.37. The molecule has 1 aromatic rings. The van der Waals surface area contributed by atoms with E-state index in [9.17, 15) is 9.59 Å². The average Bonchev–Trinajstić information content (AvgIpc) is 3.36. The molecule has 3 rings (SSSR count). The van der Waals surface area contributed by atoms with Gasteiger partial charge in [-0.1, -0.05) is 18.7 Å². The van der Waals surface area contributed by atoms with E-state index in [1.807, 2.05) is 6.92 Å². The van der Waals surface area contributed by atoms with Crippen molar-refractivity contribution in [3.63, 3.8) is 0 Å². The van der Waals surface area contributed by atoms with Crippen LogP contribution in [0.4, 0.5) is 10.7 Å². The number of urea groups is 1. The molecule has 2 N–H and O–H groups in total. The Morgan fingerprint density at radius 3 is 2.54 bits per heavy atom. The van der Waals surface area contributed by atoms with Crippen molar-refractivity contribution >= 4 is 29.6 Å². The molecule has 0 spiro atoms. The van der Waals surface area contributed by atoms with Crippen LogP contribution in [0.3, 0.4) is 0 Å². The van der Waals surface area contributed by atoms with Crippen LogP contribution in [-0.4, -0.2) is 51.6 Å². The minimum Gasteiger partial charge on any atom is -0.341 e. The first kappa shape index (κ1) is 19.0. The number of hydrogen-bond acceptors (Lipinski definition) is 6. The van der Waals surface area contributed by atoms with Crippen LogP contribution in [0.1, 0.15) is 52.5 Å². The van der Waals surface area contributed by atoms with Gasteiger partial charge in [0.25, 0.3) is 0 Å². The van der Waals surface area contributed by atoms with Gasteiger partial charge in [-0.3, -0.25) is 14.7 Å². The highest BCUT2D eigenvalue weighted by molar-refractivity contribution is 8.00. The van der Waals surface area contributed by atoms with Gasteiger partial charge in [-0.15, -0.1) is 10.2 Å². The molecule has 2 aliphatic rings. The van der Waals surface area contributed by atoms with Crippen LogP contribution in [0.15, 0.2) is 5.16 Å². The van der Waals surface area contributed by atoms with E-state index in [0.717, 1.165) is 43.0 Å². The van der Waals surface area contributed by atoms with Crippen LogP contribution in [-0.2, 0) is 4.79 Å². The van der Waals surface area contributed by atoms with E-state index in [1.54, 1.807) is 6.92 Å². The first-order chi connectivity index (χ1) is 12.5. The Hall–Kier alpha value is -1.77. The molecule has 2 heterocycles. The number of thioether (sulfide) groups is 1. The maximum absolute atomic E-state index is 12.2. The van der Waals surface area contributed by atoms with Crippen LogP contribution in [0, 0.1) is 5.92 Å². The standard InChI is InChI=1S/C17H28N6O2S/c1-4-18-15(25)19-14(24)12(3)26-17-21-20-16(23(17)13-5-6-13)22-9-7-11(2)8-10-22/h11-13H,4-10H2,1-3H3,(H2,18,19,24,25)/t12-/m1/s1. The second kappa shape index (κ2) is 8.28. The Labute approximate surface area is 158 Å². The number of imide groups is 1. The highest BCUT2D eigenvalue weighted by Crippen LogP contribution is 2.42. The van der Waals surface area contributed by atoms with Crippen molar-refractivity contribution in [2.45, 2.75) is 62.9 Å². The summed E-state index contributed by atoms with van der Waals surface area (Å²) in [5.41, 5.74) is 0. The van der Waals surface area contributed by atoms with Gasteiger partial charge in [0.05, 0.1) is 5.25 Å². The molecule has 2 fully saturated rings. The van der Waals surface area contributed by atoms with Crippen molar-refractivity contribution in [2.24, 2.45) is 5.92 Å². The molecule has 3 amide bonds. The van der Waals surface area contributed by atoms with Gasteiger partial charge in [-0.2, -0.15) is 0 Å². The molecule has 0 radical (unpaired) electrons. The Bertz CT molecular complexity index is 652. The fourth-order valence-corrected chi connectivity index (χ4v) is 3.97. The zero-order valence-corrected chi connectivity index (χ0v) is 16.5. The van der Waals surface area contributed by atoms with Crippen LogP contribution >= 0.6 is 11.8 Å². The van der Waals surface area contributed by atoms with Gasteiger partial charge < -0.3 is 10.2 Å². The highest BCUT2D eigenvalue weighted by Gasteiger charge is 2.33. The number of rotatable bonds is 6. The van der Waals surface area contributed by atoms with E-state index in [-0.39, 0.29) is 5.91 Å². The van der Waals surface area contributed by atoms with Crippen LogP contribution in [0.2, 0.25) is 0 Å². The SMILES string of the molecule is CCNC(=O)NC(=O)[C@@H](C)Sc1nnc(N2CCC(C)CC2)n1C1CC1. The van der Waals surface area contributed by atoms with Gasteiger partial charge in [0, 0.05) is 25.7 Å². The summed E-state index contributed by atoms with van der Waals surface area (Å²) < 4.78 is 2.19. The summed E-state index contributed by atoms with van der Waals surface area (Å²) in [7, 11) is 0. The zero-order chi connectivity index (χ0) is 18.7. The molecule has 0 aromatic carbocycles. The molecular weight excluding hydrogens is 352 g/mol. The quantitative estimate of drug-likeness (QED) is 0.735. The lowest BCUT2D eigenvalue weighted by molar-refractivity contribution is -0.119. The van der Waals surface area contributed by atoms with E-state index in [2.05, 4.69) is 37.2 Å². The summed E-state index contributed by atoms with van der Waals surface area (Å²) in [5.74, 6) is 1.37. The van der Waals surface area contributed by atoms with Gasteiger partial charge in [-0.25, -0.2) is 4.79 Å². The van der Waals surface area contributed by atoms with E-state index < -0.39 is 11.3 Å². The monoisotopic (exact) mass is 380 g/mol. The van der Waals surface area contributed by atoms with Gasteiger partial charge in [0.1, 0.15) is 0 Å². The molecule has 1 atom stereocenters. The Balaban J connectivity index is 1.68. The molecule has 1 saturated carbocycles. The summed E-state index contributed by atoms with van der Waals surface area (Å²) in [4.78, 5) is 26.1. The van der Waals surface area contributed by atoms with E-state index >= 15 is 0 Å². The average molecular weight is 381 g/mol. The summed E-state index contributed by atoms with van der Waals surface area (Å²) >= 11 is 1.36. The number of nitrogens with one attached hydrogen (secondary N) is 2. The third kappa shape index (κ3) is 4.49. The van der Waals surface area contributed by atoms with Crippen molar-refractivity contribution in [3.8, 4) is 0 Å². The van der Waals surface area contributed by atoms with Crippen LogP contribution in [0.5, 0.6) is 0 Å². The zero-order valence-electron chi connectivity index (χ0n) is 15.7. The maximum atomic E-state index is 12.2. The Kier molecular flexibility index (Phi) is 6.05. The lowest BCUT2D eigenvalue weighted by atomic mass is 10.00. The first-order valence-corrected chi connectivity index (χ1v) is 10.3. The number of nitrogens with zero attached hydrogens (tertiary/aromatic N) is 4. The predicted octanol–water partition coefficient (Wildman–Crippen LogP) is 2.18. The second-order valence-electron chi connectivity index (χ2n) is 7.16. The first-order valence-electron chi connectivity index (χ1n) is 9.44. The lowest BCUT2D eigenvalue weighted by Crippen LogP contribution is -2.42. The third-order valence-corrected chi connectivity index (χ3v) is 5.91. The molecule has 1 aromatic heterocycles. The van der Waals surface area contributed by atoms with Gasteiger partial charge in [0.2, 0.25) is 11.9 Å². The molecule has 8 nitrogen and oxygen atoms in total. The second-order valence-corrected chi connectivity index (χ2v) is 8.47. The number of carbonyl (C=O) groups excluding carboxylic acids is 2. The number of anilines is 1. The van der Waals surface area contributed by atoms with Crippen LogP contribution in [0.25, 0.3) is 0 Å². The largest absolute Gasteiger partial charge is 0.341 e. The van der Waals surface area contributed by atoms with Crippen LogP contribution < -0.4 is 15.5 Å². The van der Waals surface area contributed by atoms with Crippen molar-refractivity contribution in [3.05, 3.63) is 0 Å².